The largest absolute Gasteiger partial charge is 0.478 e. The molecule has 1 aromatic carbocycles. The van der Waals surface area contributed by atoms with E-state index in [1.54, 1.807) is 12.1 Å². The van der Waals surface area contributed by atoms with Gasteiger partial charge < -0.3 is 10.4 Å². The van der Waals surface area contributed by atoms with Crippen molar-refractivity contribution < 1.29 is 9.90 Å². The third kappa shape index (κ3) is 2.81. The van der Waals surface area contributed by atoms with Crippen molar-refractivity contribution in [3.63, 3.8) is 0 Å². The van der Waals surface area contributed by atoms with Gasteiger partial charge in [0.2, 0.25) is 0 Å². The van der Waals surface area contributed by atoms with E-state index in [4.69, 9.17) is 22.0 Å². The number of rotatable bonds is 3. The summed E-state index contributed by atoms with van der Waals surface area (Å²) in [6.07, 6.45) is 3.03. The molecule has 0 aliphatic heterocycles. The van der Waals surface area contributed by atoms with Crippen LogP contribution in [0.25, 0.3) is 0 Å². The van der Waals surface area contributed by atoms with Gasteiger partial charge in [0.05, 0.1) is 28.0 Å². The molecule has 1 aromatic heterocycles. The van der Waals surface area contributed by atoms with E-state index in [1.165, 1.54) is 24.5 Å². The van der Waals surface area contributed by atoms with Gasteiger partial charge in [-0.1, -0.05) is 11.6 Å². The van der Waals surface area contributed by atoms with Gasteiger partial charge in [0.15, 0.2) is 0 Å². The highest BCUT2D eigenvalue weighted by atomic mass is 35.5. The van der Waals surface area contributed by atoms with E-state index in [9.17, 15) is 4.79 Å². The van der Waals surface area contributed by atoms with Crippen molar-refractivity contribution in [3.05, 3.63) is 52.8 Å². The normalized spacial score (nSPS) is 9.68. The molecular formula is C13H8ClN3O2. The molecule has 2 aromatic rings. The lowest BCUT2D eigenvalue weighted by atomic mass is 10.2. The van der Waals surface area contributed by atoms with Crippen LogP contribution in [0.4, 0.5) is 11.4 Å². The van der Waals surface area contributed by atoms with Gasteiger partial charge in [-0.2, -0.15) is 5.26 Å². The van der Waals surface area contributed by atoms with E-state index in [2.05, 4.69) is 10.3 Å². The summed E-state index contributed by atoms with van der Waals surface area (Å²) in [6.45, 7) is 0. The van der Waals surface area contributed by atoms with Crippen LogP contribution in [0.15, 0.2) is 36.7 Å². The Labute approximate surface area is 114 Å². The Morgan fingerprint density at radius 2 is 2.21 bits per heavy atom. The molecule has 0 unspecified atom stereocenters. The molecule has 0 fully saturated rings. The number of carbonyl (C=O) groups is 1. The number of nitrogens with zero attached hydrogens (tertiary/aromatic N) is 2. The summed E-state index contributed by atoms with van der Waals surface area (Å²) in [5, 5.41) is 20.9. The summed E-state index contributed by atoms with van der Waals surface area (Å²) in [7, 11) is 0. The molecule has 5 nitrogen and oxygen atoms in total. The van der Waals surface area contributed by atoms with Gasteiger partial charge in [-0.3, -0.25) is 4.98 Å². The number of hydrogen-bond donors (Lipinski definition) is 2. The zero-order valence-electron chi connectivity index (χ0n) is 9.59. The second-order valence-electron chi connectivity index (χ2n) is 3.66. The number of halogens is 1. The van der Waals surface area contributed by atoms with Crippen molar-refractivity contribution in [1.82, 2.24) is 4.98 Å². The number of aromatic carboxylic acids is 1. The first-order valence-corrected chi connectivity index (χ1v) is 5.63. The first-order chi connectivity index (χ1) is 9.11. The van der Waals surface area contributed by atoms with Gasteiger partial charge in [0, 0.05) is 11.9 Å². The quantitative estimate of drug-likeness (QED) is 0.897. The summed E-state index contributed by atoms with van der Waals surface area (Å²) in [5.41, 5.74) is 1.58. The Balaban J connectivity index is 2.32. The zero-order valence-corrected chi connectivity index (χ0v) is 10.3. The van der Waals surface area contributed by atoms with Crippen molar-refractivity contribution >= 4 is 28.9 Å². The van der Waals surface area contributed by atoms with E-state index in [1.807, 2.05) is 6.07 Å². The lowest BCUT2D eigenvalue weighted by Gasteiger charge is -2.08. The summed E-state index contributed by atoms with van der Waals surface area (Å²) >= 11 is 5.86. The van der Waals surface area contributed by atoms with Crippen LogP contribution >= 0.6 is 11.6 Å². The SMILES string of the molecule is N#Cc1ccncc1Nc1ccc(C(=O)O)c(Cl)c1. The van der Waals surface area contributed by atoms with E-state index in [-0.39, 0.29) is 10.6 Å². The third-order valence-electron chi connectivity index (χ3n) is 2.42. The highest BCUT2D eigenvalue weighted by Gasteiger charge is 2.09. The third-order valence-corrected chi connectivity index (χ3v) is 2.73. The maximum atomic E-state index is 10.8. The minimum Gasteiger partial charge on any atom is -0.478 e. The lowest BCUT2D eigenvalue weighted by molar-refractivity contribution is 0.0697. The molecule has 0 saturated carbocycles. The van der Waals surface area contributed by atoms with Gasteiger partial charge in [-0.05, 0) is 24.3 Å². The van der Waals surface area contributed by atoms with Crippen molar-refractivity contribution in [3.8, 4) is 6.07 Å². The molecule has 0 atom stereocenters. The maximum absolute atomic E-state index is 10.8. The molecule has 6 heteroatoms. The fourth-order valence-corrected chi connectivity index (χ4v) is 1.77. The van der Waals surface area contributed by atoms with E-state index in [0.29, 0.717) is 16.9 Å². The Kier molecular flexibility index (Phi) is 3.64. The standard InChI is InChI=1S/C13H8ClN3O2/c14-11-5-9(1-2-10(11)13(18)19)17-12-7-16-4-3-8(12)6-15/h1-5,7,17H,(H,18,19). The average molecular weight is 274 g/mol. The van der Waals surface area contributed by atoms with E-state index >= 15 is 0 Å². The number of aromatic nitrogens is 1. The molecule has 0 saturated heterocycles. The minimum atomic E-state index is -1.09. The van der Waals surface area contributed by atoms with Gasteiger partial charge in [0.25, 0.3) is 0 Å². The monoisotopic (exact) mass is 273 g/mol. The van der Waals surface area contributed by atoms with Crippen LogP contribution in [0.2, 0.25) is 5.02 Å². The smallest absolute Gasteiger partial charge is 0.337 e. The molecule has 0 aliphatic carbocycles. The Morgan fingerprint density at radius 3 is 2.84 bits per heavy atom. The average Bonchev–Trinajstić information content (AvgIpc) is 2.39. The first-order valence-electron chi connectivity index (χ1n) is 5.26. The van der Waals surface area contributed by atoms with Crippen LogP contribution in [0, 0.1) is 11.3 Å². The van der Waals surface area contributed by atoms with Crippen molar-refractivity contribution in [2.75, 3.05) is 5.32 Å². The van der Waals surface area contributed by atoms with E-state index in [0.717, 1.165) is 0 Å². The summed E-state index contributed by atoms with van der Waals surface area (Å²) in [5.74, 6) is -1.09. The molecule has 19 heavy (non-hydrogen) atoms. The second-order valence-corrected chi connectivity index (χ2v) is 4.07. The van der Waals surface area contributed by atoms with Gasteiger partial charge in [0.1, 0.15) is 6.07 Å². The van der Waals surface area contributed by atoms with Crippen LogP contribution in [0.5, 0.6) is 0 Å². The summed E-state index contributed by atoms with van der Waals surface area (Å²) in [6, 6.07) is 8.07. The summed E-state index contributed by atoms with van der Waals surface area (Å²) < 4.78 is 0. The minimum absolute atomic E-state index is 0.0268. The van der Waals surface area contributed by atoms with Crippen molar-refractivity contribution in [1.29, 1.82) is 5.26 Å². The van der Waals surface area contributed by atoms with E-state index < -0.39 is 5.97 Å². The topological polar surface area (TPSA) is 86.0 Å². The molecule has 94 valence electrons. The second kappa shape index (κ2) is 5.38. The van der Waals surface area contributed by atoms with Crippen LogP contribution in [0.1, 0.15) is 15.9 Å². The fourth-order valence-electron chi connectivity index (χ4n) is 1.51. The number of carboxylic acids is 1. The number of hydrogen-bond acceptors (Lipinski definition) is 4. The number of anilines is 2. The first kappa shape index (κ1) is 12.9. The Hall–Kier alpha value is -2.58. The van der Waals surface area contributed by atoms with Crippen LogP contribution in [-0.4, -0.2) is 16.1 Å². The number of carboxylic acid groups (broad SMARTS) is 1. The maximum Gasteiger partial charge on any atom is 0.337 e. The molecule has 0 radical (unpaired) electrons. The molecule has 2 rings (SSSR count). The highest BCUT2D eigenvalue weighted by molar-refractivity contribution is 6.33. The zero-order chi connectivity index (χ0) is 13.8. The Bertz CT molecular complexity index is 680. The fraction of sp³-hybridized carbons (Fsp3) is 0. The predicted octanol–water partition coefficient (Wildman–Crippen LogP) is 3.05. The van der Waals surface area contributed by atoms with Crippen LogP contribution < -0.4 is 5.32 Å². The van der Waals surface area contributed by atoms with Gasteiger partial charge in [-0.15, -0.1) is 0 Å². The van der Waals surface area contributed by atoms with Crippen LogP contribution in [-0.2, 0) is 0 Å². The number of benzene rings is 1. The van der Waals surface area contributed by atoms with Crippen molar-refractivity contribution in [2.45, 2.75) is 0 Å². The lowest BCUT2D eigenvalue weighted by Crippen LogP contribution is -1.99. The number of pyridine rings is 1. The molecular weight excluding hydrogens is 266 g/mol. The molecule has 0 bridgehead atoms. The van der Waals surface area contributed by atoms with Crippen molar-refractivity contribution in [2.24, 2.45) is 0 Å². The molecule has 0 aliphatic rings. The molecule has 1 heterocycles. The number of nitrogens with one attached hydrogen (secondary N) is 1. The van der Waals surface area contributed by atoms with Crippen LogP contribution in [0.3, 0.4) is 0 Å². The highest BCUT2D eigenvalue weighted by Crippen LogP contribution is 2.24. The number of nitriles is 1. The molecule has 0 spiro atoms. The van der Waals surface area contributed by atoms with Gasteiger partial charge in [-0.25, -0.2) is 4.79 Å². The Morgan fingerprint density at radius 1 is 1.42 bits per heavy atom. The van der Waals surface area contributed by atoms with Gasteiger partial charge >= 0.3 is 5.97 Å². The molecule has 0 amide bonds. The predicted molar refractivity (Wildman–Crippen MR) is 70.6 cm³/mol. The summed E-state index contributed by atoms with van der Waals surface area (Å²) in [4.78, 5) is 14.8. The molecule has 2 N–H and O–H groups in total.